The summed E-state index contributed by atoms with van der Waals surface area (Å²) in [4.78, 5) is 11.6. The van der Waals surface area contributed by atoms with Crippen molar-refractivity contribution in [2.24, 2.45) is 0 Å². The summed E-state index contributed by atoms with van der Waals surface area (Å²) in [6, 6.07) is 19.1. The Morgan fingerprint density at radius 2 is 1.53 bits per heavy atom. The van der Waals surface area contributed by atoms with Gasteiger partial charge in [-0.3, -0.25) is 4.79 Å². The standard InChI is InChI=1S/C15H15NO2.H2O/c17-15(12-18-14-9-5-2-6-10-14)16-11-13-7-3-1-4-8-13;/h1-10H,11-12H2,(H,16,17);1H2. The Balaban J connectivity index is 0.00000180. The Morgan fingerprint density at radius 3 is 2.16 bits per heavy atom. The number of benzene rings is 2. The highest BCUT2D eigenvalue weighted by Gasteiger charge is 2.02. The van der Waals surface area contributed by atoms with Crippen molar-refractivity contribution >= 4 is 5.91 Å². The van der Waals surface area contributed by atoms with E-state index in [1.807, 2.05) is 60.7 Å². The fraction of sp³-hybridized carbons (Fsp3) is 0.133. The monoisotopic (exact) mass is 259 g/mol. The zero-order chi connectivity index (χ0) is 12.6. The van der Waals surface area contributed by atoms with Gasteiger partial charge in [0.2, 0.25) is 0 Å². The summed E-state index contributed by atoms with van der Waals surface area (Å²) in [5.41, 5.74) is 1.07. The van der Waals surface area contributed by atoms with Gasteiger partial charge in [-0.05, 0) is 17.7 Å². The first-order chi connectivity index (χ1) is 8.84. The molecule has 0 heterocycles. The van der Waals surface area contributed by atoms with Crippen LogP contribution in [0.3, 0.4) is 0 Å². The second-order valence-corrected chi connectivity index (χ2v) is 3.86. The summed E-state index contributed by atoms with van der Waals surface area (Å²) in [5.74, 6) is 0.579. The Kier molecular flexibility index (Phi) is 6.12. The van der Waals surface area contributed by atoms with Crippen molar-refractivity contribution < 1.29 is 15.0 Å². The second kappa shape index (κ2) is 7.89. The molecule has 0 atom stereocenters. The lowest BCUT2D eigenvalue weighted by molar-refractivity contribution is -0.123. The Bertz CT molecular complexity index is 440. The third kappa shape index (κ3) is 5.23. The molecular weight excluding hydrogens is 242 g/mol. The zero-order valence-corrected chi connectivity index (χ0v) is 10.5. The molecule has 100 valence electrons. The molecular formula is C15H17NO3. The lowest BCUT2D eigenvalue weighted by Crippen LogP contribution is -2.28. The maximum absolute atomic E-state index is 11.6. The van der Waals surface area contributed by atoms with Crippen molar-refractivity contribution in [3.8, 4) is 5.75 Å². The number of para-hydroxylation sites is 1. The predicted octanol–water partition coefficient (Wildman–Crippen LogP) is 1.56. The summed E-state index contributed by atoms with van der Waals surface area (Å²) in [7, 11) is 0. The van der Waals surface area contributed by atoms with E-state index in [1.54, 1.807) is 0 Å². The lowest BCUT2D eigenvalue weighted by atomic mass is 10.2. The number of carbonyl (C=O) groups is 1. The van der Waals surface area contributed by atoms with Crippen molar-refractivity contribution in [3.63, 3.8) is 0 Å². The van der Waals surface area contributed by atoms with Crippen molar-refractivity contribution in [1.82, 2.24) is 5.32 Å². The largest absolute Gasteiger partial charge is 0.484 e. The van der Waals surface area contributed by atoms with Crippen LogP contribution in [0.15, 0.2) is 60.7 Å². The molecule has 0 bridgehead atoms. The van der Waals surface area contributed by atoms with E-state index < -0.39 is 0 Å². The molecule has 0 aliphatic rings. The van der Waals surface area contributed by atoms with Gasteiger partial charge in [-0.15, -0.1) is 0 Å². The third-order valence-corrected chi connectivity index (χ3v) is 2.45. The summed E-state index contributed by atoms with van der Waals surface area (Å²) in [6.07, 6.45) is 0. The molecule has 0 fully saturated rings. The van der Waals surface area contributed by atoms with Gasteiger partial charge in [0.1, 0.15) is 5.75 Å². The summed E-state index contributed by atoms with van der Waals surface area (Å²) < 4.78 is 5.34. The average molecular weight is 259 g/mol. The first-order valence-electron chi connectivity index (χ1n) is 5.83. The summed E-state index contributed by atoms with van der Waals surface area (Å²) in [5, 5.41) is 2.81. The van der Waals surface area contributed by atoms with Crippen LogP contribution in [0.2, 0.25) is 0 Å². The highest BCUT2D eigenvalue weighted by atomic mass is 16.5. The lowest BCUT2D eigenvalue weighted by Gasteiger charge is -2.07. The van der Waals surface area contributed by atoms with Gasteiger partial charge in [-0.1, -0.05) is 48.5 Å². The molecule has 0 saturated heterocycles. The van der Waals surface area contributed by atoms with Crippen molar-refractivity contribution in [3.05, 3.63) is 66.2 Å². The third-order valence-electron chi connectivity index (χ3n) is 2.45. The highest BCUT2D eigenvalue weighted by Crippen LogP contribution is 2.07. The van der Waals surface area contributed by atoms with Gasteiger partial charge in [-0.2, -0.15) is 0 Å². The van der Waals surface area contributed by atoms with Crippen LogP contribution in [0.4, 0.5) is 0 Å². The normalized spacial score (nSPS) is 9.26. The molecule has 0 aliphatic heterocycles. The molecule has 0 unspecified atom stereocenters. The molecule has 0 saturated carbocycles. The maximum atomic E-state index is 11.6. The van der Waals surface area contributed by atoms with Crippen LogP contribution in [0.1, 0.15) is 5.56 Å². The number of hydrogen-bond acceptors (Lipinski definition) is 2. The number of amides is 1. The van der Waals surface area contributed by atoms with Gasteiger partial charge in [0, 0.05) is 6.54 Å². The second-order valence-electron chi connectivity index (χ2n) is 3.86. The average Bonchev–Trinajstić information content (AvgIpc) is 2.45. The molecule has 4 nitrogen and oxygen atoms in total. The Hall–Kier alpha value is -2.33. The molecule has 3 N–H and O–H groups in total. The maximum Gasteiger partial charge on any atom is 0.258 e. The number of rotatable bonds is 5. The van der Waals surface area contributed by atoms with Gasteiger partial charge in [0.25, 0.3) is 5.91 Å². The van der Waals surface area contributed by atoms with Crippen molar-refractivity contribution in [1.29, 1.82) is 0 Å². The van der Waals surface area contributed by atoms with Crippen LogP contribution in [0.5, 0.6) is 5.75 Å². The fourth-order valence-electron chi connectivity index (χ4n) is 1.51. The van der Waals surface area contributed by atoms with E-state index in [4.69, 9.17) is 4.74 Å². The SMILES string of the molecule is O.O=C(COc1ccccc1)NCc1ccccc1. The molecule has 0 radical (unpaired) electrons. The van der Waals surface area contributed by atoms with Gasteiger partial charge < -0.3 is 15.5 Å². The van der Waals surface area contributed by atoms with Crippen molar-refractivity contribution in [2.75, 3.05) is 6.61 Å². The highest BCUT2D eigenvalue weighted by molar-refractivity contribution is 5.77. The minimum atomic E-state index is -0.122. The predicted molar refractivity (Wildman–Crippen MR) is 73.8 cm³/mol. The van der Waals surface area contributed by atoms with Gasteiger partial charge in [0.05, 0.1) is 0 Å². The van der Waals surface area contributed by atoms with Crippen LogP contribution in [-0.4, -0.2) is 18.0 Å². The van der Waals surface area contributed by atoms with E-state index in [9.17, 15) is 4.79 Å². The van der Waals surface area contributed by atoms with Crippen LogP contribution in [0.25, 0.3) is 0 Å². The van der Waals surface area contributed by atoms with E-state index in [1.165, 1.54) is 0 Å². The molecule has 19 heavy (non-hydrogen) atoms. The van der Waals surface area contributed by atoms with Crippen LogP contribution in [-0.2, 0) is 11.3 Å². The molecule has 2 rings (SSSR count). The fourth-order valence-corrected chi connectivity index (χ4v) is 1.51. The van der Waals surface area contributed by atoms with Crippen LogP contribution >= 0.6 is 0 Å². The minimum Gasteiger partial charge on any atom is -0.484 e. The number of carbonyl (C=O) groups excluding carboxylic acids is 1. The molecule has 0 aliphatic carbocycles. The molecule has 4 heteroatoms. The first-order valence-corrected chi connectivity index (χ1v) is 5.83. The Morgan fingerprint density at radius 1 is 0.947 bits per heavy atom. The number of ether oxygens (including phenoxy) is 1. The van der Waals surface area contributed by atoms with E-state index >= 15 is 0 Å². The van der Waals surface area contributed by atoms with E-state index in [2.05, 4.69) is 5.32 Å². The van der Waals surface area contributed by atoms with E-state index in [0.29, 0.717) is 12.3 Å². The topological polar surface area (TPSA) is 69.8 Å². The summed E-state index contributed by atoms with van der Waals surface area (Å²) in [6.45, 7) is 0.564. The molecule has 0 spiro atoms. The number of nitrogens with one attached hydrogen (secondary N) is 1. The zero-order valence-electron chi connectivity index (χ0n) is 10.5. The smallest absolute Gasteiger partial charge is 0.258 e. The molecule has 0 aromatic heterocycles. The Labute approximate surface area is 112 Å². The quantitative estimate of drug-likeness (QED) is 0.885. The van der Waals surface area contributed by atoms with Gasteiger partial charge in [-0.25, -0.2) is 0 Å². The van der Waals surface area contributed by atoms with Crippen molar-refractivity contribution in [2.45, 2.75) is 6.54 Å². The van der Waals surface area contributed by atoms with Gasteiger partial charge >= 0.3 is 0 Å². The minimum absolute atomic E-state index is 0. The van der Waals surface area contributed by atoms with E-state index in [-0.39, 0.29) is 18.0 Å². The van der Waals surface area contributed by atoms with E-state index in [0.717, 1.165) is 5.56 Å². The van der Waals surface area contributed by atoms with Gasteiger partial charge in [0.15, 0.2) is 6.61 Å². The molecule has 2 aromatic carbocycles. The summed E-state index contributed by atoms with van der Waals surface area (Å²) >= 11 is 0. The van der Waals surface area contributed by atoms with Crippen LogP contribution < -0.4 is 10.1 Å². The molecule has 1 amide bonds. The molecule has 2 aromatic rings. The first kappa shape index (κ1) is 14.7. The van der Waals surface area contributed by atoms with Crippen LogP contribution in [0, 0.1) is 0 Å². The number of hydrogen-bond donors (Lipinski definition) is 1.